The highest BCUT2D eigenvalue weighted by Crippen LogP contribution is 2.28. The van der Waals surface area contributed by atoms with Crippen LogP contribution in [0.15, 0.2) is 18.2 Å². The van der Waals surface area contributed by atoms with E-state index in [0.717, 1.165) is 25.9 Å². The Hall–Kier alpha value is -0.970. The Morgan fingerprint density at radius 2 is 2.05 bits per heavy atom. The largest absolute Gasteiger partial charge is 0.479 e. The third kappa shape index (κ3) is 4.77. The van der Waals surface area contributed by atoms with Crippen molar-refractivity contribution in [3.8, 4) is 5.75 Å². The number of benzene rings is 1. The molecule has 1 aliphatic heterocycles. The van der Waals surface area contributed by atoms with Gasteiger partial charge in [0.05, 0.1) is 5.02 Å². The van der Waals surface area contributed by atoms with Crippen LogP contribution in [0, 0.1) is 0 Å². The van der Waals surface area contributed by atoms with Crippen LogP contribution < -0.4 is 10.1 Å². The fraction of sp³-hybridized carbons (Fsp3) is 0.533. The molecule has 0 aromatic heterocycles. The molecule has 1 heterocycles. The van der Waals surface area contributed by atoms with Crippen LogP contribution in [0.4, 0.5) is 0 Å². The van der Waals surface area contributed by atoms with Gasteiger partial charge in [-0.25, -0.2) is 0 Å². The summed E-state index contributed by atoms with van der Waals surface area (Å²) in [5.41, 5.74) is 0. The van der Waals surface area contributed by atoms with E-state index in [1.165, 1.54) is 0 Å². The minimum atomic E-state index is -0.611. The molecule has 0 saturated carbocycles. The lowest BCUT2D eigenvalue weighted by Gasteiger charge is -2.30. The first-order chi connectivity index (χ1) is 9.95. The molecule has 1 saturated heterocycles. The van der Waals surface area contributed by atoms with Gasteiger partial charge in [0.1, 0.15) is 5.75 Å². The number of hydrogen-bond donors (Lipinski definition) is 1. The predicted molar refractivity (Wildman–Crippen MR) is 85.2 cm³/mol. The summed E-state index contributed by atoms with van der Waals surface area (Å²) in [7, 11) is 2.09. The smallest absolute Gasteiger partial charge is 0.260 e. The Bertz CT molecular complexity index is 502. The van der Waals surface area contributed by atoms with Crippen LogP contribution >= 0.6 is 23.2 Å². The molecule has 6 heteroatoms. The molecular formula is C15H20Cl2N2O2. The second-order valence-corrected chi connectivity index (χ2v) is 6.26. The van der Waals surface area contributed by atoms with Crippen LogP contribution in [-0.4, -0.2) is 43.1 Å². The number of carbonyl (C=O) groups excluding carboxylic acids is 1. The number of hydrogen-bond acceptors (Lipinski definition) is 3. The van der Waals surface area contributed by atoms with Gasteiger partial charge in [0.15, 0.2) is 6.10 Å². The minimum absolute atomic E-state index is 0.124. The van der Waals surface area contributed by atoms with E-state index in [2.05, 4.69) is 17.3 Å². The third-order valence-electron chi connectivity index (χ3n) is 3.63. The molecule has 1 aromatic rings. The molecule has 0 bridgehead atoms. The monoisotopic (exact) mass is 330 g/mol. The molecule has 1 N–H and O–H groups in total. The third-order valence-corrected chi connectivity index (χ3v) is 4.18. The fourth-order valence-electron chi connectivity index (χ4n) is 2.28. The van der Waals surface area contributed by atoms with Gasteiger partial charge in [-0.2, -0.15) is 0 Å². The summed E-state index contributed by atoms with van der Waals surface area (Å²) in [4.78, 5) is 14.4. The van der Waals surface area contributed by atoms with Gasteiger partial charge in [-0.15, -0.1) is 0 Å². The van der Waals surface area contributed by atoms with Crippen LogP contribution in [0.3, 0.4) is 0 Å². The van der Waals surface area contributed by atoms with Gasteiger partial charge in [0.2, 0.25) is 0 Å². The average Bonchev–Trinajstić information content (AvgIpc) is 2.45. The fourth-order valence-corrected chi connectivity index (χ4v) is 2.61. The number of carbonyl (C=O) groups is 1. The predicted octanol–water partition coefficient (Wildman–Crippen LogP) is 2.97. The Balaban J connectivity index is 1.89. The highest BCUT2D eigenvalue weighted by Gasteiger charge is 2.22. The lowest BCUT2D eigenvalue weighted by atomic mass is 10.1. The van der Waals surface area contributed by atoms with Gasteiger partial charge in [-0.05, 0) is 52.0 Å². The Labute approximate surface area is 135 Å². The SMILES string of the molecule is C[C@H](Oc1cc(Cl)ccc1Cl)C(=O)NC1CCN(C)CC1. The molecular weight excluding hydrogens is 311 g/mol. The maximum Gasteiger partial charge on any atom is 0.260 e. The first-order valence-corrected chi connectivity index (χ1v) is 7.82. The van der Waals surface area contributed by atoms with Crippen LogP contribution in [0.2, 0.25) is 10.0 Å². The number of amides is 1. The van der Waals surface area contributed by atoms with Crippen molar-refractivity contribution in [2.45, 2.75) is 31.9 Å². The van der Waals surface area contributed by atoms with E-state index < -0.39 is 6.10 Å². The Morgan fingerprint density at radius 3 is 2.71 bits per heavy atom. The number of piperidine rings is 1. The van der Waals surface area contributed by atoms with E-state index in [1.54, 1.807) is 25.1 Å². The Kier molecular flexibility index (Phi) is 5.73. The van der Waals surface area contributed by atoms with E-state index >= 15 is 0 Å². The van der Waals surface area contributed by atoms with Crippen molar-refractivity contribution in [2.75, 3.05) is 20.1 Å². The zero-order valence-electron chi connectivity index (χ0n) is 12.2. The number of halogens is 2. The van der Waals surface area contributed by atoms with Crippen LogP contribution in [0.1, 0.15) is 19.8 Å². The molecule has 1 fully saturated rings. The van der Waals surface area contributed by atoms with Crippen molar-refractivity contribution in [3.05, 3.63) is 28.2 Å². The van der Waals surface area contributed by atoms with Crippen molar-refractivity contribution < 1.29 is 9.53 Å². The lowest BCUT2D eigenvalue weighted by Crippen LogP contribution is -2.47. The summed E-state index contributed by atoms with van der Waals surface area (Å²) < 4.78 is 5.61. The van der Waals surface area contributed by atoms with E-state index in [-0.39, 0.29) is 11.9 Å². The quantitative estimate of drug-likeness (QED) is 0.922. The van der Waals surface area contributed by atoms with Crippen molar-refractivity contribution >= 4 is 29.1 Å². The summed E-state index contributed by atoms with van der Waals surface area (Å²) in [6, 6.07) is 5.17. The summed E-state index contributed by atoms with van der Waals surface area (Å²) in [6.07, 6.45) is 1.32. The summed E-state index contributed by atoms with van der Waals surface area (Å²) in [5, 5.41) is 4.00. The molecule has 1 aliphatic rings. The van der Waals surface area contributed by atoms with Crippen molar-refractivity contribution in [1.82, 2.24) is 10.2 Å². The van der Waals surface area contributed by atoms with Crippen molar-refractivity contribution in [2.24, 2.45) is 0 Å². The second-order valence-electron chi connectivity index (χ2n) is 5.42. The van der Waals surface area contributed by atoms with Crippen LogP contribution in [0.5, 0.6) is 5.75 Å². The number of nitrogens with zero attached hydrogens (tertiary/aromatic N) is 1. The van der Waals surface area contributed by atoms with Gasteiger partial charge >= 0.3 is 0 Å². The molecule has 1 amide bonds. The standard InChI is InChI=1S/C15H20Cl2N2O2/c1-10(21-14-9-11(16)3-4-13(14)17)15(20)18-12-5-7-19(2)8-6-12/h3-4,9-10,12H,5-8H2,1-2H3,(H,18,20)/t10-/m0/s1. The van der Waals surface area contributed by atoms with Gasteiger partial charge in [-0.1, -0.05) is 23.2 Å². The minimum Gasteiger partial charge on any atom is -0.479 e. The van der Waals surface area contributed by atoms with Gasteiger partial charge in [0, 0.05) is 17.1 Å². The number of likely N-dealkylation sites (tertiary alicyclic amines) is 1. The van der Waals surface area contributed by atoms with Gasteiger partial charge in [-0.3, -0.25) is 4.79 Å². The summed E-state index contributed by atoms with van der Waals surface area (Å²) in [6.45, 7) is 3.71. The summed E-state index contributed by atoms with van der Waals surface area (Å²) >= 11 is 11.9. The zero-order valence-corrected chi connectivity index (χ0v) is 13.7. The molecule has 2 rings (SSSR count). The van der Waals surface area contributed by atoms with E-state index in [9.17, 15) is 4.79 Å². The molecule has 4 nitrogen and oxygen atoms in total. The van der Waals surface area contributed by atoms with Crippen LogP contribution in [0.25, 0.3) is 0 Å². The van der Waals surface area contributed by atoms with Gasteiger partial charge < -0.3 is 15.0 Å². The number of rotatable bonds is 4. The lowest BCUT2D eigenvalue weighted by molar-refractivity contribution is -0.128. The van der Waals surface area contributed by atoms with Crippen molar-refractivity contribution in [1.29, 1.82) is 0 Å². The second kappa shape index (κ2) is 7.34. The topological polar surface area (TPSA) is 41.6 Å². The first-order valence-electron chi connectivity index (χ1n) is 7.06. The van der Waals surface area contributed by atoms with E-state index in [1.807, 2.05) is 0 Å². The molecule has 0 radical (unpaired) electrons. The maximum atomic E-state index is 12.2. The normalized spacial score (nSPS) is 18.3. The first kappa shape index (κ1) is 16.4. The molecule has 0 unspecified atom stereocenters. The molecule has 1 aromatic carbocycles. The molecule has 1 atom stereocenters. The zero-order chi connectivity index (χ0) is 15.4. The van der Waals surface area contributed by atoms with E-state index in [4.69, 9.17) is 27.9 Å². The van der Waals surface area contributed by atoms with Gasteiger partial charge in [0.25, 0.3) is 5.91 Å². The van der Waals surface area contributed by atoms with Crippen molar-refractivity contribution in [3.63, 3.8) is 0 Å². The average molecular weight is 331 g/mol. The Morgan fingerprint density at radius 1 is 1.38 bits per heavy atom. The maximum absolute atomic E-state index is 12.2. The number of ether oxygens (including phenoxy) is 1. The van der Waals surface area contributed by atoms with Crippen LogP contribution in [-0.2, 0) is 4.79 Å². The highest BCUT2D eigenvalue weighted by atomic mass is 35.5. The molecule has 21 heavy (non-hydrogen) atoms. The molecule has 0 spiro atoms. The molecule has 0 aliphatic carbocycles. The van der Waals surface area contributed by atoms with E-state index in [0.29, 0.717) is 15.8 Å². The summed E-state index contributed by atoms with van der Waals surface area (Å²) in [5.74, 6) is 0.302. The number of nitrogens with one attached hydrogen (secondary N) is 1. The molecule has 116 valence electrons. The highest BCUT2D eigenvalue weighted by molar-refractivity contribution is 6.34.